The largest absolute Gasteiger partial charge is 0.386 e. The lowest BCUT2D eigenvalue weighted by atomic mass is 10.2. The minimum Gasteiger partial charge on any atom is -0.386 e. The van der Waals surface area contributed by atoms with E-state index in [-0.39, 0.29) is 0 Å². The molecule has 0 saturated heterocycles. The predicted molar refractivity (Wildman–Crippen MR) is 106 cm³/mol. The number of guanidine groups is 1. The van der Waals surface area contributed by atoms with Crippen LogP contribution in [0, 0.1) is 0 Å². The fraction of sp³-hybridized carbons (Fsp3) is 0.389. The van der Waals surface area contributed by atoms with E-state index in [0.717, 1.165) is 29.1 Å². The Hall–Kier alpha value is -2.45. The highest BCUT2D eigenvalue weighted by Gasteiger charge is 2.12. The summed E-state index contributed by atoms with van der Waals surface area (Å²) in [6, 6.07) is 10.2. The zero-order valence-corrected chi connectivity index (χ0v) is 15.8. The number of hydrogen-bond acceptors (Lipinski definition) is 5. The molecule has 2 heterocycles. The Morgan fingerprint density at radius 2 is 2.19 bits per heavy atom. The molecule has 0 radical (unpaired) electrons. The number of hydrogen-bond donors (Lipinski definition) is 3. The first kappa shape index (κ1) is 18.3. The minimum absolute atomic E-state index is 0.402. The molecule has 0 bridgehead atoms. The third-order valence-electron chi connectivity index (χ3n) is 4.12. The second-order valence-corrected chi connectivity index (χ2v) is 6.99. The molecule has 7 nitrogen and oxygen atoms in total. The average Bonchev–Trinajstić information content (AvgIpc) is 3.30. The molecule has 0 spiro atoms. The molecule has 3 aromatic rings. The number of aliphatic hydroxyl groups excluding tert-OH is 1. The molecule has 0 amide bonds. The summed E-state index contributed by atoms with van der Waals surface area (Å²) in [7, 11) is 1.72. The third kappa shape index (κ3) is 4.39. The van der Waals surface area contributed by atoms with Crippen LogP contribution in [0.1, 0.15) is 23.7 Å². The van der Waals surface area contributed by atoms with Crippen molar-refractivity contribution in [2.24, 2.45) is 4.99 Å². The van der Waals surface area contributed by atoms with Gasteiger partial charge in [0.1, 0.15) is 18.3 Å². The van der Waals surface area contributed by atoms with E-state index in [4.69, 9.17) is 0 Å². The summed E-state index contributed by atoms with van der Waals surface area (Å²) < 4.78 is 3.21. The third-order valence-corrected chi connectivity index (χ3v) is 5.33. The van der Waals surface area contributed by atoms with Gasteiger partial charge in [0.15, 0.2) is 5.96 Å². The Bertz CT molecular complexity index is 838. The highest BCUT2D eigenvalue weighted by atomic mass is 32.1. The van der Waals surface area contributed by atoms with Crippen LogP contribution in [0.5, 0.6) is 0 Å². The highest BCUT2D eigenvalue weighted by Crippen LogP contribution is 2.29. The van der Waals surface area contributed by atoms with E-state index in [2.05, 4.69) is 44.9 Å². The van der Waals surface area contributed by atoms with Crippen molar-refractivity contribution in [1.29, 1.82) is 0 Å². The van der Waals surface area contributed by atoms with Crippen LogP contribution in [0.2, 0.25) is 0 Å². The van der Waals surface area contributed by atoms with Crippen LogP contribution in [-0.2, 0) is 13.0 Å². The van der Waals surface area contributed by atoms with Gasteiger partial charge in [0, 0.05) is 42.7 Å². The zero-order valence-electron chi connectivity index (χ0n) is 15.0. The van der Waals surface area contributed by atoms with Gasteiger partial charge >= 0.3 is 0 Å². The lowest BCUT2D eigenvalue weighted by Crippen LogP contribution is -2.40. The van der Waals surface area contributed by atoms with Crippen LogP contribution in [0.4, 0.5) is 0 Å². The predicted octanol–water partition coefficient (Wildman–Crippen LogP) is 1.95. The van der Waals surface area contributed by atoms with Gasteiger partial charge in [-0.2, -0.15) is 0 Å². The smallest absolute Gasteiger partial charge is 0.191 e. The second-order valence-electron chi connectivity index (χ2n) is 5.88. The van der Waals surface area contributed by atoms with Crippen LogP contribution in [0.25, 0.3) is 10.1 Å². The Balaban J connectivity index is 1.49. The van der Waals surface area contributed by atoms with Crippen molar-refractivity contribution in [2.45, 2.75) is 26.0 Å². The van der Waals surface area contributed by atoms with Crippen molar-refractivity contribution >= 4 is 27.4 Å². The maximum atomic E-state index is 10.5. The van der Waals surface area contributed by atoms with Gasteiger partial charge < -0.3 is 20.3 Å². The normalized spacial score (nSPS) is 13.1. The molecule has 0 aliphatic heterocycles. The zero-order chi connectivity index (χ0) is 18.4. The summed E-state index contributed by atoms with van der Waals surface area (Å²) in [5.41, 5.74) is 0. The number of nitrogens with zero attached hydrogens (tertiary/aromatic N) is 4. The number of thiophene rings is 1. The molecule has 8 heteroatoms. The lowest BCUT2D eigenvalue weighted by Gasteiger charge is -2.15. The van der Waals surface area contributed by atoms with Crippen LogP contribution in [0.15, 0.2) is 41.7 Å². The van der Waals surface area contributed by atoms with Gasteiger partial charge in [-0.05, 0) is 17.5 Å². The summed E-state index contributed by atoms with van der Waals surface area (Å²) in [4.78, 5) is 5.15. The number of nitrogens with one attached hydrogen (secondary N) is 2. The Kier molecular flexibility index (Phi) is 6.19. The van der Waals surface area contributed by atoms with E-state index in [9.17, 15) is 5.11 Å². The molecule has 26 heavy (non-hydrogen) atoms. The number of aliphatic hydroxyl groups is 1. The van der Waals surface area contributed by atoms with E-state index < -0.39 is 6.10 Å². The Labute approximate surface area is 156 Å². The first-order valence-electron chi connectivity index (χ1n) is 8.69. The number of rotatable bonds is 7. The van der Waals surface area contributed by atoms with Crippen molar-refractivity contribution in [3.63, 3.8) is 0 Å². The van der Waals surface area contributed by atoms with E-state index >= 15 is 0 Å². The van der Waals surface area contributed by atoms with Crippen molar-refractivity contribution in [2.75, 3.05) is 20.1 Å². The molecular weight excluding hydrogens is 348 g/mol. The first-order valence-corrected chi connectivity index (χ1v) is 9.50. The SMILES string of the molecule is CCc1nncn1CCNC(=NC)NCC(O)c1cc2ccccc2s1. The maximum Gasteiger partial charge on any atom is 0.191 e. The van der Waals surface area contributed by atoms with E-state index in [1.807, 2.05) is 22.8 Å². The molecule has 1 unspecified atom stereocenters. The number of aryl methyl sites for hydroxylation is 1. The summed E-state index contributed by atoms with van der Waals surface area (Å²) in [5, 5.41) is 26.0. The quantitative estimate of drug-likeness (QED) is 0.436. The maximum absolute atomic E-state index is 10.5. The van der Waals surface area contributed by atoms with Crippen molar-refractivity contribution in [3.8, 4) is 0 Å². The number of fused-ring (bicyclic) bond motifs is 1. The Morgan fingerprint density at radius 1 is 1.35 bits per heavy atom. The van der Waals surface area contributed by atoms with E-state index in [1.54, 1.807) is 24.7 Å². The highest BCUT2D eigenvalue weighted by molar-refractivity contribution is 7.19. The standard InChI is InChI=1S/C18H24N6OS/c1-3-17-23-22-12-24(17)9-8-20-18(19-2)21-11-14(25)16-10-13-6-4-5-7-15(13)26-16/h4-7,10,12,14,25H,3,8-9,11H2,1-2H3,(H2,19,20,21). The van der Waals surface area contributed by atoms with Crippen molar-refractivity contribution < 1.29 is 5.11 Å². The van der Waals surface area contributed by atoms with Crippen LogP contribution in [0.3, 0.4) is 0 Å². The van der Waals surface area contributed by atoms with Gasteiger partial charge in [0.05, 0.1) is 0 Å². The van der Waals surface area contributed by atoms with E-state index in [1.165, 1.54) is 4.70 Å². The van der Waals surface area contributed by atoms with Gasteiger partial charge in [-0.3, -0.25) is 4.99 Å². The molecule has 0 fully saturated rings. The van der Waals surface area contributed by atoms with Crippen LogP contribution in [-0.4, -0.2) is 46.0 Å². The summed E-state index contributed by atoms with van der Waals surface area (Å²) in [6.45, 7) is 3.92. The molecule has 3 rings (SSSR count). The van der Waals surface area contributed by atoms with Crippen molar-refractivity contribution in [1.82, 2.24) is 25.4 Å². The van der Waals surface area contributed by atoms with Crippen LogP contribution < -0.4 is 10.6 Å². The van der Waals surface area contributed by atoms with Gasteiger partial charge in [-0.25, -0.2) is 0 Å². The minimum atomic E-state index is -0.574. The van der Waals surface area contributed by atoms with Crippen molar-refractivity contribution in [3.05, 3.63) is 47.4 Å². The lowest BCUT2D eigenvalue weighted by molar-refractivity contribution is 0.184. The topological polar surface area (TPSA) is 87.4 Å². The van der Waals surface area contributed by atoms with Gasteiger partial charge in [0.2, 0.25) is 0 Å². The number of aromatic nitrogens is 3. The van der Waals surface area contributed by atoms with Gasteiger partial charge in [-0.1, -0.05) is 25.1 Å². The molecule has 1 atom stereocenters. The summed E-state index contributed by atoms with van der Waals surface area (Å²) in [5.74, 6) is 1.63. The monoisotopic (exact) mass is 372 g/mol. The molecule has 1 aromatic carbocycles. The Morgan fingerprint density at radius 3 is 2.96 bits per heavy atom. The first-order chi connectivity index (χ1) is 12.7. The second kappa shape index (κ2) is 8.77. The van der Waals surface area contributed by atoms with Gasteiger partial charge in [-0.15, -0.1) is 21.5 Å². The summed E-state index contributed by atoms with van der Waals surface area (Å²) >= 11 is 1.62. The van der Waals surface area contributed by atoms with E-state index in [0.29, 0.717) is 19.0 Å². The molecule has 138 valence electrons. The fourth-order valence-electron chi connectivity index (χ4n) is 2.72. The fourth-order valence-corrected chi connectivity index (χ4v) is 3.77. The molecule has 3 N–H and O–H groups in total. The van der Waals surface area contributed by atoms with Gasteiger partial charge in [0.25, 0.3) is 0 Å². The number of aliphatic imine (C=N–C) groups is 1. The molecule has 0 aliphatic rings. The van der Waals surface area contributed by atoms with Crippen LogP contribution >= 0.6 is 11.3 Å². The summed E-state index contributed by atoms with van der Waals surface area (Å²) in [6.07, 6.45) is 2.02. The number of benzene rings is 1. The molecule has 2 aromatic heterocycles. The molecule has 0 aliphatic carbocycles. The average molecular weight is 372 g/mol. The molecular formula is C18H24N6OS. The molecule has 0 saturated carbocycles.